The Kier molecular flexibility index (Phi) is 6.73. The number of hydrogen-bond acceptors (Lipinski definition) is 4. The van der Waals surface area contributed by atoms with Crippen molar-refractivity contribution in [3.8, 4) is 11.1 Å². The summed E-state index contributed by atoms with van der Waals surface area (Å²) in [5.41, 5.74) is 8.84. The maximum Gasteiger partial charge on any atom is 0.394 e. The van der Waals surface area contributed by atoms with Gasteiger partial charge in [-0.1, -0.05) is 42.5 Å². The van der Waals surface area contributed by atoms with Gasteiger partial charge in [0.2, 0.25) is 0 Å². The molecule has 0 fully saturated rings. The van der Waals surface area contributed by atoms with Crippen LogP contribution in [-0.4, -0.2) is 17.5 Å². The average Bonchev–Trinajstić information content (AvgIpc) is 2.29. The molecule has 0 atom stereocenters. The second kappa shape index (κ2) is 7.49. The van der Waals surface area contributed by atoms with E-state index in [4.69, 9.17) is 23.3 Å². The van der Waals surface area contributed by atoms with Crippen molar-refractivity contribution in [3.63, 3.8) is 0 Å². The quantitative estimate of drug-likeness (QED) is 0.469. The summed E-state index contributed by atoms with van der Waals surface area (Å²) in [5, 5.41) is 0. The SMILES string of the molecule is N.Nc1ccc(-c2ccccc2)cc1.O=S(=O)(O)O. The lowest BCUT2D eigenvalue weighted by Gasteiger charge is -2.00. The normalized spacial score (nSPS) is 9.79. The van der Waals surface area contributed by atoms with Crippen molar-refractivity contribution in [2.45, 2.75) is 0 Å². The van der Waals surface area contributed by atoms with Gasteiger partial charge in [0, 0.05) is 5.69 Å². The molecule has 19 heavy (non-hydrogen) atoms. The van der Waals surface area contributed by atoms with Crippen molar-refractivity contribution < 1.29 is 17.5 Å². The lowest BCUT2D eigenvalue weighted by atomic mass is 10.1. The van der Waals surface area contributed by atoms with E-state index in [2.05, 4.69) is 12.1 Å². The fourth-order valence-electron chi connectivity index (χ4n) is 1.31. The second-order valence-corrected chi connectivity index (χ2v) is 4.33. The molecule has 7 heteroatoms. The van der Waals surface area contributed by atoms with Crippen LogP contribution in [0.4, 0.5) is 5.69 Å². The van der Waals surface area contributed by atoms with Gasteiger partial charge >= 0.3 is 10.4 Å². The van der Waals surface area contributed by atoms with E-state index in [1.54, 1.807) is 0 Å². The summed E-state index contributed by atoms with van der Waals surface area (Å²) >= 11 is 0. The molecule has 104 valence electrons. The van der Waals surface area contributed by atoms with Crippen LogP contribution in [0.3, 0.4) is 0 Å². The smallest absolute Gasteiger partial charge is 0.394 e. The fourth-order valence-corrected chi connectivity index (χ4v) is 1.31. The molecule has 0 aromatic heterocycles. The van der Waals surface area contributed by atoms with Crippen LogP contribution in [0, 0.1) is 0 Å². The summed E-state index contributed by atoms with van der Waals surface area (Å²) < 4.78 is 31.6. The standard InChI is InChI=1S/C12H11N.H3N.H2O4S/c13-12-8-6-11(7-9-12)10-4-2-1-3-5-10;;1-5(2,3)4/h1-9H,13H2;1H3;(H2,1,2,3,4). The molecule has 6 nitrogen and oxygen atoms in total. The van der Waals surface area contributed by atoms with E-state index in [-0.39, 0.29) is 6.15 Å². The zero-order valence-electron chi connectivity index (χ0n) is 10.1. The van der Waals surface area contributed by atoms with Crippen LogP contribution < -0.4 is 11.9 Å². The number of benzene rings is 2. The van der Waals surface area contributed by atoms with Gasteiger partial charge in [-0.3, -0.25) is 9.11 Å². The Hall–Kier alpha value is -1.93. The first-order valence-electron chi connectivity index (χ1n) is 4.97. The summed E-state index contributed by atoms with van der Waals surface area (Å²) in [5.74, 6) is 0. The van der Waals surface area contributed by atoms with E-state index < -0.39 is 10.4 Å². The van der Waals surface area contributed by atoms with Gasteiger partial charge in [-0.05, 0) is 23.3 Å². The zero-order chi connectivity index (χ0) is 13.6. The summed E-state index contributed by atoms with van der Waals surface area (Å²) in [6, 6.07) is 18.2. The maximum absolute atomic E-state index is 8.74. The number of rotatable bonds is 1. The topological polar surface area (TPSA) is 136 Å². The molecule has 0 saturated carbocycles. The summed E-state index contributed by atoms with van der Waals surface area (Å²) in [4.78, 5) is 0. The minimum absolute atomic E-state index is 0. The van der Waals surface area contributed by atoms with Crippen LogP contribution in [0.25, 0.3) is 11.1 Å². The predicted octanol–water partition coefficient (Wildman–Crippen LogP) is 2.44. The fraction of sp³-hybridized carbons (Fsp3) is 0. The largest absolute Gasteiger partial charge is 0.399 e. The van der Waals surface area contributed by atoms with Crippen LogP contribution in [0.15, 0.2) is 54.6 Å². The molecule has 0 aliphatic heterocycles. The molecule has 0 spiro atoms. The van der Waals surface area contributed by atoms with Gasteiger partial charge in [-0.15, -0.1) is 0 Å². The van der Waals surface area contributed by atoms with E-state index in [1.165, 1.54) is 11.1 Å². The molecule has 7 N–H and O–H groups in total. The van der Waals surface area contributed by atoms with Gasteiger partial charge in [0.1, 0.15) is 0 Å². The van der Waals surface area contributed by atoms with Crippen LogP contribution in [0.1, 0.15) is 0 Å². The highest BCUT2D eigenvalue weighted by atomic mass is 32.3. The Morgan fingerprint density at radius 3 is 1.58 bits per heavy atom. The lowest BCUT2D eigenvalue weighted by molar-refractivity contribution is 0.381. The third-order valence-electron chi connectivity index (χ3n) is 2.02. The predicted molar refractivity (Wildman–Crippen MR) is 75.5 cm³/mol. The Labute approximate surface area is 112 Å². The third kappa shape index (κ3) is 7.90. The molecule has 0 saturated heterocycles. The molecule has 0 radical (unpaired) electrons. The van der Waals surface area contributed by atoms with Crippen LogP contribution in [0.5, 0.6) is 0 Å². The van der Waals surface area contributed by atoms with Gasteiger partial charge in [-0.25, -0.2) is 0 Å². The lowest BCUT2D eigenvalue weighted by Crippen LogP contribution is -1.89. The molecular weight excluding hydrogens is 268 g/mol. The van der Waals surface area contributed by atoms with Crippen molar-refractivity contribution >= 4 is 16.1 Å². The van der Waals surface area contributed by atoms with Crippen molar-refractivity contribution in [1.29, 1.82) is 0 Å². The zero-order valence-corrected chi connectivity index (χ0v) is 10.9. The molecule has 0 bridgehead atoms. The molecular formula is C12H16N2O4S. The first kappa shape index (κ1) is 17.1. The van der Waals surface area contributed by atoms with E-state index in [0.29, 0.717) is 0 Å². The number of nitrogen functional groups attached to an aromatic ring is 1. The molecule has 0 aliphatic rings. The highest BCUT2D eigenvalue weighted by Gasteiger charge is 1.94. The van der Waals surface area contributed by atoms with Crippen molar-refractivity contribution in [1.82, 2.24) is 6.15 Å². The number of anilines is 1. The van der Waals surface area contributed by atoms with E-state index in [9.17, 15) is 0 Å². The minimum atomic E-state index is -4.67. The van der Waals surface area contributed by atoms with Crippen LogP contribution in [0.2, 0.25) is 0 Å². The Balaban J connectivity index is 0.000000471. The van der Waals surface area contributed by atoms with Gasteiger partial charge in [0.15, 0.2) is 0 Å². The van der Waals surface area contributed by atoms with Crippen LogP contribution >= 0.6 is 0 Å². The van der Waals surface area contributed by atoms with Gasteiger partial charge in [-0.2, -0.15) is 8.42 Å². The first-order chi connectivity index (χ1) is 8.36. The summed E-state index contributed by atoms with van der Waals surface area (Å²) in [6.07, 6.45) is 0. The molecule has 0 unspecified atom stereocenters. The number of hydrogen-bond donors (Lipinski definition) is 4. The monoisotopic (exact) mass is 284 g/mol. The van der Waals surface area contributed by atoms with Crippen molar-refractivity contribution in [2.24, 2.45) is 0 Å². The highest BCUT2D eigenvalue weighted by molar-refractivity contribution is 7.79. The molecule has 2 aromatic rings. The Morgan fingerprint density at radius 1 is 0.789 bits per heavy atom. The average molecular weight is 284 g/mol. The Morgan fingerprint density at radius 2 is 1.16 bits per heavy atom. The third-order valence-corrected chi connectivity index (χ3v) is 2.02. The highest BCUT2D eigenvalue weighted by Crippen LogP contribution is 2.19. The van der Waals surface area contributed by atoms with Crippen LogP contribution in [-0.2, 0) is 10.4 Å². The van der Waals surface area contributed by atoms with E-state index in [0.717, 1.165) is 5.69 Å². The minimum Gasteiger partial charge on any atom is -0.399 e. The second-order valence-electron chi connectivity index (χ2n) is 3.44. The van der Waals surface area contributed by atoms with Gasteiger partial charge in [0.05, 0.1) is 0 Å². The molecule has 2 aromatic carbocycles. The summed E-state index contributed by atoms with van der Waals surface area (Å²) in [6.45, 7) is 0. The van der Waals surface area contributed by atoms with E-state index in [1.807, 2.05) is 42.5 Å². The molecule has 0 aliphatic carbocycles. The molecule has 0 heterocycles. The van der Waals surface area contributed by atoms with Gasteiger partial charge < -0.3 is 11.9 Å². The number of nitrogens with two attached hydrogens (primary N) is 1. The van der Waals surface area contributed by atoms with Crippen molar-refractivity contribution in [3.05, 3.63) is 54.6 Å². The first-order valence-corrected chi connectivity index (χ1v) is 6.37. The maximum atomic E-state index is 8.74. The van der Waals surface area contributed by atoms with Gasteiger partial charge in [0.25, 0.3) is 0 Å². The molecule has 2 rings (SSSR count). The molecule has 0 amide bonds. The summed E-state index contributed by atoms with van der Waals surface area (Å²) in [7, 11) is -4.67. The Bertz CT molecular complexity index is 575. The van der Waals surface area contributed by atoms with E-state index >= 15 is 0 Å². The van der Waals surface area contributed by atoms with Crippen molar-refractivity contribution in [2.75, 3.05) is 5.73 Å².